The lowest BCUT2D eigenvalue weighted by atomic mass is 9.99. The van der Waals surface area contributed by atoms with Crippen molar-refractivity contribution >= 4 is 18.3 Å². The highest BCUT2D eigenvalue weighted by Gasteiger charge is 2.24. The van der Waals surface area contributed by atoms with Crippen LogP contribution in [0.25, 0.3) is 0 Å². The van der Waals surface area contributed by atoms with E-state index in [9.17, 15) is 4.79 Å². The fraction of sp³-hybridized carbons (Fsp3) is 0.611. The molecule has 24 heavy (non-hydrogen) atoms. The number of carbonyl (C=O) groups is 1. The van der Waals surface area contributed by atoms with E-state index < -0.39 is 0 Å². The summed E-state index contributed by atoms with van der Waals surface area (Å²) in [5.74, 6) is 0.897. The van der Waals surface area contributed by atoms with Gasteiger partial charge in [0.2, 0.25) is 0 Å². The number of carbonyl (C=O) groups excluding carboxylic acids is 1. The standard InChI is InChI=1S/C18H27N3O2.ClH/c19-13-15-1-3-17(4-2-15)18(22)21-9-7-20(8-10-21)14-16-5-11-23-12-6-16;/h1-4,16H,5-14,19H2;1H. The maximum absolute atomic E-state index is 12.6. The molecule has 0 saturated carbocycles. The van der Waals surface area contributed by atoms with E-state index in [0.29, 0.717) is 6.54 Å². The molecule has 0 atom stereocenters. The highest BCUT2D eigenvalue weighted by molar-refractivity contribution is 5.94. The summed E-state index contributed by atoms with van der Waals surface area (Å²) >= 11 is 0. The summed E-state index contributed by atoms with van der Waals surface area (Å²) < 4.78 is 5.42. The number of hydrogen-bond acceptors (Lipinski definition) is 4. The van der Waals surface area contributed by atoms with E-state index in [0.717, 1.165) is 63.0 Å². The number of halogens is 1. The summed E-state index contributed by atoms with van der Waals surface area (Å²) in [4.78, 5) is 17.0. The second-order valence-corrected chi connectivity index (χ2v) is 6.55. The average Bonchev–Trinajstić information content (AvgIpc) is 2.63. The Morgan fingerprint density at radius 3 is 2.29 bits per heavy atom. The number of piperazine rings is 1. The third-order valence-corrected chi connectivity index (χ3v) is 4.95. The van der Waals surface area contributed by atoms with Crippen LogP contribution in [0.1, 0.15) is 28.8 Å². The molecule has 1 aromatic rings. The highest BCUT2D eigenvalue weighted by Crippen LogP contribution is 2.17. The minimum absolute atomic E-state index is 0. The van der Waals surface area contributed by atoms with Crippen molar-refractivity contribution in [1.29, 1.82) is 0 Å². The summed E-state index contributed by atoms with van der Waals surface area (Å²) in [6.45, 7) is 7.06. The molecule has 2 N–H and O–H groups in total. The molecule has 6 heteroatoms. The van der Waals surface area contributed by atoms with Crippen molar-refractivity contribution in [3.8, 4) is 0 Å². The molecule has 5 nitrogen and oxygen atoms in total. The lowest BCUT2D eigenvalue weighted by Gasteiger charge is -2.37. The number of amides is 1. The second kappa shape index (κ2) is 9.37. The van der Waals surface area contributed by atoms with E-state index in [-0.39, 0.29) is 18.3 Å². The fourth-order valence-electron chi connectivity index (χ4n) is 3.39. The van der Waals surface area contributed by atoms with Gasteiger partial charge in [-0.05, 0) is 36.5 Å². The lowest BCUT2D eigenvalue weighted by Crippen LogP contribution is -2.50. The van der Waals surface area contributed by atoms with Crippen molar-refractivity contribution in [2.45, 2.75) is 19.4 Å². The predicted octanol–water partition coefficient (Wildman–Crippen LogP) is 1.75. The van der Waals surface area contributed by atoms with Gasteiger partial charge in [0.1, 0.15) is 0 Å². The van der Waals surface area contributed by atoms with E-state index in [1.54, 1.807) is 0 Å². The molecule has 3 rings (SSSR count). The van der Waals surface area contributed by atoms with Crippen LogP contribution >= 0.6 is 12.4 Å². The Morgan fingerprint density at radius 2 is 1.71 bits per heavy atom. The van der Waals surface area contributed by atoms with Gasteiger partial charge in [-0.2, -0.15) is 0 Å². The molecule has 134 valence electrons. The van der Waals surface area contributed by atoms with E-state index in [4.69, 9.17) is 10.5 Å². The maximum atomic E-state index is 12.6. The smallest absolute Gasteiger partial charge is 0.253 e. The van der Waals surface area contributed by atoms with Crippen LogP contribution < -0.4 is 5.73 Å². The van der Waals surface area contributed by atoms with Gasteiger partial charge in [-0.3, -0.25) is 9.69 Å². The topological polar surface area (TPSA) is 58.8 Å². The van der Waals surface area contributed by atoms with Crippen LogP contribution in [0.2, 0.25) is 0 Å². The summed E-state index contributed by atoms with van der Waals surface area (Å²) in [5.41, 5.74) is 7.42. The number of nitrogens with two attached hydrogens (primary N) is 1. The number of hydrogen-bond donors (Lipinski definition) is 1. The first kappa shape index (κ1) is 19.2. The van der Waals surface area contributed by atoms with Crippen LogP contribution in [0.4, 0.5) is 0 Å². The highest BCUT2D eigenvalue weighted by atomic mass is 35.5. The minimum Gasteiger partial charge on any atom is -0.381 e. The van der Waals surface area contributed by atoms with E-state index >= 15 is 0 Å². The SMILES string of the molecule is Cl.NCc1ccc(C(=O)N2CCN(CC3CCOCC3)CC2)cc1. The molecule has 0 spiro atoms. The molecule has 0 aliphatic carbocycles. The van der Waals surface area contributed by atoms with Crippen molar-refractivity contribution in [3.05, 3.63) is 35.4 Å². The summed E-state index contributed by atoms with van der Waals surface area (Å²) in [7, 11) is 0. The second-order valence-electron chi connectivity index (χ2n) is 6.55. The molecule has 0 aromatic heterocycles. The average molecular weight is 354 g/mol. The summed E-state index contributed by atoms with van der Waals surface area (Å²) in [6.07, 6.45) is 2.35. The van der Waals surface area contributed by atoms with Crippen molar-refractivity contribution < 1.29 is 9.53 Å². The maximum Gasteiger partial charge on any atom is 0.253 e. The van der Waals surface area contributed by atoms with E-state index in [2.05, 4.69) is 4.90 Å². The Bertz CT molecular complexity index is 510. The van der Waals surface area contributed by atoms with Gasteiger partial charge in [-0.1, -0.05) is 12.1 Å². The molecule has 2 aliphatic heterocycles. The van der Waals surface area contributed by atoms with E-state index in [1.165, 1.54) is 12.8 Å². The van der Waals surface area contributed by atoms with Gasteiger partial charge in [0.05, 0.1) is 0 Å². The van der Waals surface area contributed by atoms with Crippen molar-refractivity contribution in [3.63, 3.8) is 0 Å². The lowest BCUT2D eigenvalue weighted by molar-refractivity contribution is 0.0393. The first-order chi connectivity index (χ1) is 11.3. The first-order valence-corrected chi connectivity index (χ1v) is 8.64. The normalized spacial score (nSPS) is 19.8. The molecule has 0 unspecified atom stereocenters. The number of benzene rings is 1. The zero-order chi connectivity index (χ0) is 16.1. The Kier molecular flexibility index (Phi) is 7.49. The number of ether oxygens (including phenoxy) is 1. The first-order valence-electron chi connectivity index (χ1n) is 8.64. The molecular formula is C18H28ClN3O2. The largest absolute Gasteiger partial charge is 0.381 e. The minimum atomic E-state index is 0. The van der Waals surface area contributed by atoms with Gasteiger partial charge >= 0.3 is 0 Å². The zero-order valence-corrected chi connectivity index (χ0v) is 15.0. The zero-order valence-electron chi connectivity index (χ0n) is 14.2. The quantitative estimate of drug-likeness (QED) is 0.896. The third-order valence-electron chi connectivity index (χ3n) is 4.95. The van der Waals surface area contributed by atoms with Crippen LogP contribution in [-0.2, 0) is 11.3 Å². The van der Waals surface area contributed by atoms with Crippen LogP contribution in [0, 0.1) is 5.92 Å². The van der Waals surface area contributed by atoms with Crippen LogP contribution in [0.3, 0.4) is 0 Å². The Balaban J connectivity index is 0.00000208. The van der Waals surface area contributed by atoms with Gasteiger partial charge in [0.25, 0.3) is 5.91 Å². The van der Waals surface area contributed by atoms with Gasteiger partial charge in [-0.25, -0.2) is 0 Å². The Labute approximate surface area is 150 Å². The van der Waals surface area contributed by atoms with Crippen molar-refractivity contribution in [2.75, 3.05) is 45.9 Å². The molecule has 0 radical (unpaired) electrons. The van der Waals surface area contributed by atoms with Crippen molar-refractivity contribution in [2.24, 2.45) is 11.7 Å². The molecule has 2 saturated heterocycles. The third kappa shape index (κ3) is 4.93. The molecule has 2 heterocycles. The molecule has 2 aliphatic rings. The molecule has 0 bridgehead atoms. The van der Waals surface area contributed by atoms with Gasteiger partial charge in [0.15, 0.2) is 0 Å². The Morgan fingerprint density at radius 1 is 1.08 bits per heavy atom. The summed E-state index contributed by atoms with van der Waals surface area (Å²) in [5, 5.41) is 0. The van der Waals surface area contributed by atoms with Crippen LogP contribution in [0.15, 0.2) is 24.3 Å². The van der Waals surface area contributed by atoms with Gasteiger partial charge in [-0.15, -0.1) is 12.4 Å². The molecule has 2 fully saturated rings. The van der Waals surface area contributed by atoms with E-state index in [1.807, 2.05) is 29.2 Å². The fourth-order valence-corrected chi connectivity index (χ4v) is 3.39. The van der Waals surface area contributed by atoms with Gasteiger partial charge < -0.3 is 15.4 Å². The molecule has 1 aromatic carbocycles. The molecule has 1 amide bonds. The predicted molar refractivity (Wildman–Crippen MR) is 97.5 cm³/mol. The Hall–Kier alpha value is -1.14. The van der Waals surface area contributed by atoms with Crippen LogP contribution in [0.5, 0.6) is 0 Å². The number of nitrogens with zero attached hydrogens (tertiary/aromatic N) is 2. The molecular weight excluding hydrogens is 326 g/mol. The van der Waals surface area contributed by atoms with Crippen LogP contribution in [-0.4, -0.2) is 61.6 Å². The van der Waals surface area contributed by atoms with Gasteiger partial charge in [0, 0.05) is 58.0 Å². The number of rotatable bonds is 4. The summed E-state index contributed by atoms with van der Waals surface area (Å²) in [6, 6.07) is 7.65. The van der Waals surface area contributed by atoms with Crippen molar-refractivity contribution in [1.82, 2.24) is 9.80 Å². The monoisotopic (exact) mass is 353 g/mol.